The van der Waals surface area contributed by atoms with Gasteiger partial charge in [-0.2, -0.15) is 0 Å². The molecule has 2 aromatic rings. The first-order valence-electron chi connectivity index (χ1n) is 8.00. The molecule has 1 fully saturated rings. The predicted octanol–water partition coefficient (Wildman–Crippen LogP) is 3.82. The monoisotopic (exact) mass is 415 g/mol. The normalized spacial score (nSPS) is 19.1. The minimum atomic E-state index is -0.710. The summed E-state index contributed by atoms with van der Waals surface area (Å²) in [6.07, 6.45) is 0. The van der Waals surface area contributed by atoms with Gasteiger partial charge in [0.15, 0.2) is 0 Å². The number of aliphatic hydroxyl groups excluding tert-OH is 1. The number of halogens is 1. The van der Waals surface area contributed by atoms with Crippen LogP contribution in [0.2, 0.25) is 0 Å². The number of Topliss-reactive ketones (excluding diaryl/α,β-unsaturated/α-hetero) is 1. The van der Waals surface area contributed by atoms with Crippen LogP contribution in [0.1, 0.15) is 22.7 Å². The fraction of sp³-hybridized carbons (Fsp3) is 0.200. The molecule has 1 atom stereocenters. The van der Waals surface area contributed by atoms with Crippen LogP contribution < -0.4 is 4.74 Å². The lowest BCUT2D eigenvalue weighted by Gasteiger charge is -2.21. The molecule has 0 aromatic heterocycles. The fourth-order valence-corrected chi connectivity index (χ4v) is 3.58. The maximum absolute atomic E-state index is 12.6. The lowest BCUT2D eigenvalue weighted by atomic mass is 9.94. The van der Waals surface area contributed by atoms with E-state index in [0.717, 1.165) is 15.6 Å². The molecule has 0 radical (unpaired) electrons. The van der Waals surface area contributed by atoms with Gasteiger partial charge in [0.05, 0.1) is 24.3 Å². The quantitative estimate of drug-likeness (QED) is 0.470. The molecule has 1 N–H and O–H groups in total. The molecule has 5 nitrogen and oxygen atoms in total. The summed E-state index contributed by atoms with van der Waals surface area (Å²) in [5, 5.41) is 11.0. The summed E-state index contributed by atoms with van der Waals surface area (Å²) in [7, 11) is 3.05. The van der Waals surface area contributed by atoms with E-state index in [1.165, 1.54) is 12.0 Å². The third-order valence-corrected chi connectivity index (χ3v) is 4.94. The van der Waals surface area contributed by atoms with Crippen molar-refractivity contribution in [3.63, 3.8) is 0 Å². The van der Waals surface area contributed by atoms with Crippen LogP contribution in [0.5, 0.6) is 5.75 Å². The minimum absolute atomic E-state index is 0.0551. The molecule has 1 amide bonds. The Labute approximate surface area is 160 Å². The van der Waals surface area contributed by atoms with Gasteiger partial charge in [0.2, 0.25) is 0 Å². The van der Waals surface area contributed by atoms with E-state index >= 15 is 0 Å². The van der Waals surface area contributed by atoms with Crippen molar-refractivity contribution in [2.45, 2.75) is 13.0 Å². The van der Waals surface area contributed by atoms with Gasteiger partial charge in [-0.3, -0.25) is 9.59 Å². The van der Waals surface area contributed by atoms with E-state index in [9.17, 15) is 14.7 Å². The largest absolute Gasteiger partial charge is 0.507 e. The average Bonchev–Trinajstić information content (AvgIpc) is 2.85. The summed E-state index contributed by atoms with van der Waals surface area (Å²) in [4.78, 5) is 26.3. The van der Waals surface area contributed by atoms with Gasteiger partial charge in [0.25, 0.3) is 11.7 Å². The number of hydrogen-bond acceptors (Lipinski definition) is 4. The molecule has 0 saturated carbocycles. The van der Waals surface area contributed by atoms with Crippen LogP contribution in [-0.2, 0) is 9.59 Å². The zero-order valence-corrected chi connectivity index (χ0v) is 16.2. The first-order valence-corrected chi connectivity index (χ1v) is 8.79. The van der Waals surface area contributed by atoms with Crippen molar-refractivity contribution in [1.29, 1.82) is 0 Å². The van der Waals surface area contributed by atoms with E-state index in [2.05, 4.69) is 15.9 Å². The zero-order chi connectivity index (χ0) is 19.0. The standard InChI is InChI=1S/C20H18BrNO4/c1-11-7-8-15(26-3)14(9-11)18(23)16-17(22(2)20(25)19(16)24)12-5-4-6-13(21)10-12/h4-10,17,23H,1-3H3/b18-16+. The summed E-state index contributed by atoms with van der Waals surface area (Å²) in [6, 6.07) is 12.0. The van der Waals surface area contributed by atoms with Gasteiger partial charge in [-0.15, -0.1) is 0 Å². The Morgan fingerprint density at radius 1 is 1.19 bits per heavy atom. The summed E-state index contributed by atoms with van der Waals surface area (Å²) in [5.41, 5.74) is 2.07. The van der Waals surface area contributed by atoms with Gasteiger partial charge in [0.1, 0.15) is 11.5 Å². The Bertz CT molecular complexity index is 935. The van der Waals surface area contributed by atoms with Crippen LogP contribution in [0.15, 0.2) is 52.5 Å². The lowest BCUT2D eigenvalue weighted by molar-refractivity contribution is -0.139. The van der Waals surface area contributed by atoms with Crippen molar-refractivity contribution in [2.24, 2.45) is 0 Å². The molecule has 134 valence electrons. The van der Waals surface area contributed by atoms with E-state index < -0.39 is 17.7 Å². The molecule has 0 spiro atoms. The highest BCUT2D eigenvalue weighted by atomic mass is 79.9. The van der Waals surface area contributed by atoms with Gasteiger partial charge in [-0.1, -0.05) is 39.7 Å². The third kappa shape index (κ3) is 3.01. The number of nitrogens with zero attached hydrogens (tertiary/aromatic N) is 1. The molecule has 6 heteroatoms. The Balaban J connectivity index is 2.25. The molecule has 1 saturated heterocycles. The van der Waals surface area contributed by atoms with Crippen molar-refractivity contribution < 1.29 is 19.4 Å². The highest BCUT2D eigenvalue weighted by molar-refractivity contribution is 9.10. The van der Waals surface area contributed by atoms with Crippen LogP contribution in [0.4, 0.5) is 0 Å². The first-order chi connectivity index (χ1) is 12.3. The number of likely N-dealkylation sites (N-methyl/N-ethyl adjacent to an activating group) is 1. The Morgan fingerprint density at radius 2 is 1.92 bits per heavy atom. The van der Waals surface area contributed by atoms with Crippen molar-refractivity contribution in [3.05, 3.63) is 69.2 Å². The highest BCUT2D eigenvalue weighted by Crippen LogP contribution is 2.40. The highest BCUT2D eigenvalue weighted by Gasteiger charge is 2.44. The Hall–Kier alpha value is -2.60. The molecule has 0 bridgehead atoms. The van der Waals surface area contributed by atoms with Crippen LogP contribution in [0, 0.1) is 6.92 Å². The molecule has 1 aliphatic heterocycles. The number of carbonyl (C=O) groups is 2. The average molecular weight is 416 g/mol. The summed E-state index contributed by atoms with van der Waals surface area (Å²) >= 11 is 3.41. The number of methoxy groups -OCH3 is 1. The van der Waals surface area contributed by atoms with Gasteiger partial charge < -0.3 is 14.7 Å². The number of benzene rings is 2. The molecule has 1 aliphatic rings. The van der Waals surface area contributed by atoms with Crippen molar-refractivity contribution in [1.82, 2.24) is 4.90 Å². The fourth-order valence-electron chi connectivity index (χ4n) is 3.17. The van der Waals surface area contributed by atoms with E-state index in [0.29, 0.717) is 11.3 Å². The number of ketones is 1. The Morgan fingerprint density at radius 3 is 2.58 bits per heavy atom. The van der Waals surface area contributed by atoms with Crippen LogP contribution in [-0.4, -0.2) is 35.9 Å². The number of aryl methyl sites for hydroxylation is 1. The number of ether oxygens (including phenoxy) is 1. The molecule has 2 aromatic carbocycles. The van der Waals surface area contributed by atoms with Gasteiger partial charge in [-0.25, -0.2) is 0 Å². The molecular formula is C20H18BrNO4. The van der Waals surface area contributed by atoms with Crippen LogP contribution >= 0.6 is 15.9 Å². The number of amides is 1. The van der Waals surface area contributed by atoms with E-state index in [-0.39, 0.29) is 11.3 Å². The number of rotatable bonds is 3. The number of aliphatic hydroxyl groups is 1. The first kappa shape index (κ1) is 18.2. The molecule has 1 heterocycles. The second-order valence-electron chi connectivity index (χ2n) is 6.17. The molecule has 3 rings (SSSR count). The summed E-state index contributed by atoms with van der Waals surface area (Å²) in [6.45, 7) is 1.88. The van der Waals surface area contributed by atoms with Crippen molar-refractivity contribution in [3.8, 4) is 5.75 Å². The van der Waals surface area contributed by atoms with Crippen molar-refractivity contribution >= 4 is 33.4 Å². The predicted molar refractivity (Wildman–Crippen MR) is 102 cm³/mol. The number of hydrogen-bond donors (Lipinski definition) is 1. The Kier molecular flexibility index (Phi) is 4.87. The summed E-state index contributed by atoms with van der Waals surface area (Å²) in [5.74, 6) is -1.16. The SMILES string of the molecule is COc1ccc(C)cc1/C(O)=C1\C(=O)C(=O)N(C)C1c1cccc(Br)c1. The maximum Gasteiger partial charge on any atom is 0.295 e. The van der Waals surface area contributed by atoms with Gasteiger partial charge >= 0.3 is 0 Å². The van der Waals surface area contributed by atoms with Gasteiger partial charge in [-0.05, 0) is 36.8 Å². The van der Waals surface area contributed by atoms with Crippen molar-refractivity contribution in [2.75, 3.05) is 14.2 Å². The molecule has 26 heavy (non-hydrogen) atoms. The van der Waals surface area contributed by atoms with E-state index in [1.54, 1.807) is 19.2 Å². The molecule has 1 unspecified atom stereocenters. The second-order valence-corrected chi connectivity index (χ2v) is 7.08. The third-order valence-electron chi connectivity index (χ3n) is 4.45. The summed E-state index contributed by atoms with van der Waals surface area (Å²) < 4.78 is 6.14. The maximum atomic E-state index is 12.6. The van der Waals surface area contributed by atoms with Crippen LogP contribution in [0.25, 0.3) is 5.76 Å². The molecule has 0 aliphatic carbocycles. The van der Waals surface area contributed by atoms with Gasteiger partial charge in [0, 0.05) is 11.5 Å². The zero-order valence-electron chi connectivity index (χ0n) is 14.6. The van der Waals surface area contributed by atoms with E-state index in [1.807, 2.05) is 37.3 Å². The lowest BCUT2D eigenvalue weighted by Crippen LogP contribution is -2.24. The topological polar surface area (TPSA) is 66.8 Å². The molecular weight excluding hydrogens is 398 g/mol. The second kappa shape index (κ2) is 6.96. The van der Waals surface area contributed by atoms with Crippen LogP contribution in [0.3, 0.4) is 0 Å². The number of carbonyl (C=O) groups excluding carboxylic acids is 2. The van der Waals surface area contributed by atoms with E-state index in [4.69, 9.17) is 4.74 Å². The minimum Gasteiger partial charge on any atom is -0.507 e. The smallest absolute Gasteiger partial charge is 0.295 e. The number of likely N-dealkylation sites (tertiary alicyclic amines) is 1.